The molecule has 1 fully saturated rings. The predicted octanol–water partition coefficient (Wildman–Crippen LogP) is 4.94. The summed E-state index contributed by atoms with van der Waals surface area (Å²) < 4.78 is 52.3. The van der Waals surface area contributed by atoms with Gasteiger partial charge in [0.05, 0.1) is 23.7 Å². The van der Waals surface area contributed by atoms with Crippen molar-refractivity contribution in [3.8, 4) is 22.4 Å². The Hall–Kier alpha value is 5.05. The third-order valence-corrected chi connectivity index (χ3v) is 75.4. The highest BCUT2D eigenvalue weighted by Crippen LogP contribution is 2.36. The first-order valence-electron chi connectivity index (χ1n) is 17.3. The third-order valence-electron chi connectivity index (χ3n) is 6.47. The lowest BCUT2D eigenvalue weighted by atomic mass is 9.78. The molecule has 0 spiro atoms. The summed E-state index contributed by atoms with van der Waals surface area (Å²) in [6, 6.07) is 8.10. The van der Waals surface area contributed by atoms with Crippen LogP contribution in [0.15, 0.2) is 66.7 Å². The smallest absolute Gasteiger partial charge is 0.399 e. The van der Waals surface area contributed by atoms with Crippen molar-refractivity contribution in [1.29, 1.82) is 0 Å². The summed E-state index contributed by atoms with van der Waals surface area (Å²) in [5.41, 5.74) is 3.18. The fraction of sp³-hybridized carbons (Fsp3) is 0.292. The van der Waals surface area contributed by atoms with Crippen LogP contribution in [0.4, 0.5) is 0 Å². The summed E-state index contributed by atoms with van der Waals surface area (Å²) in [5, 5.41) is 0. The largest absolute Gasteiger partial charge is 0.494 e. The van der Waals surface area contributed by atoms with Gasteiger partial charge in [-0.25, -0.2) is 0 Å². The lowest BCUT2D eigenvalue weighted by Crippen LogP contribution is -2.41. The molecule has 1 aromatic heterocycles. The Kier molecular flexibility index (Phi) is 34.0. The monoisotopic (exact) mass is 1460 g/mol. The molecule has 3 aromatic rings. The Balaban J connectivity index is 0.000000355. The molecule has 1 aliphatic rings. The van der Waals surface area contributed by atoms with Gasteiger partial charge in [0.1, 0.15) is 0 Å². The summed E-state index contributed by atoms with van der Waals surface area (Å²) >= 11 is 9.59. The van der Waals surface area contributed by atoms with Gasteiger partial charge in [-0.05, 0) is 57.3 Å². The molecule has 0 amide bonds. The molecular formula is C24H26BNO2S34. The van der Waals surface area contributed by atoms with E-state index in [1.54, 1.807) is 113 Å². The fourth-order valence-corrected chi connectivity index (χ4v) is 85.8. The van der Waals surface area contributed by atoms with Crippen molar-refractivity contribution in [3.05, 3.63) is 72.3 Å². The van der Waals surface area contributed by atoms with Gasteiger partial charge in [0.2, 0.25) is 0 Å². The van der Waals surface area contributed by atoms with E-state index in [1.165, 1.54) is 17.8 Å². The van der Waals surface area contributed by atoms with Gasteiger partial charge < -0.3 is 9.31 Å². The summed E-state index contributed by atoms with van der Waals surface area (Å²) in [5.74, 6) is 0. The molecule has 0 atom stereocenters. The van der Waals surface area contributed by atoms with Crippen LogP contribution in [0.3, 0.4) is 0 Å². The number of hydrogen-bond donors (Lipinski definition) is 0. The minimum atomic E-state index is -0.440. The number of rotatable bonds is 3. The molecule has 0 bridgehead atoms. The fourth-order valence-electron chi connectivity index (χ4n) is 3.49. The Morgan fingerprint density at radius 2 is 0.806 bits per heavy atom. The zero-order valence-electron chi connectivity index (χ0n) is 35.7. The molecule has 0 radical (unpaired) electrons. The minimum Gasteiger partial charge on any atom is -0.399 e. The Bertz CT molecular complexity index is 3700. The van der Waals surface area contributed by atoms with Gasteiger partial charge in [-0.1, -0.05) is 54.5 Å². The van der Waals surface area contributed by atoms with Crippen molar-refractivity contribution >= 4 is 319 Å². The molecule has 0 unspecified atom stereocenters. The minimum absolute atomic E-state index is 0.161. The second-order valence-corrected chi connectivity index (χ2v) is 66.9. The van der Waals surface area contributed by atoms with Gasteiger partial charge in [-0.15, -0.1) is 0 Å². The van der Waals surface area contributed by atoms with Crippen LogP contribution < -0.4 is 5.46 Å². The first-order chi connectivity index (χ1) is 32.3. The van der Waals surface area contributed by atoms with Gasteiger partial charge in [-0.3, -0.25) is 4.98 Å². The standard InChI is InChI=1S/C24H26BNO2.S34/c1-17-15-22(26-16-21(17)18-9-7-6-8-10-18)19-11-13-20(14-12-19)25-27-23(2,3)24(4,5)28-25;1-3-5-7-9-11-13-15-17-19-21-23-25-27-29-31-33-34-32-30-28-26-24-22-20-18-16-14-12-10-8-6-4-2/h6-16H,1-5H3;/i6D,7D,8D,9D,10D;. The van der Waals surface area contributed by atoms with Gasteiger partial charge in [-0.2, -0.15) is 0 Å². The number of nitrogens with zero attached hydrogens (tertiary/aromatic N) is 1. The second-order valence-electron chi connectivity index (χ2n) is 10.3. The first-order valence-corrected chi connectivity index (χ1v) is 58.8. The summed E-state index contributed by atoms with van der Waals surface area (Å²) in [6.07, 6.45) is 1.57. The van der Waals surface area contributed by atoms with Gasteiger partial charge in [0.25, 0.3) is 0 Å². The zero-order chi connectivity index (χ0) is 48.9. The molecule has 2 aromatic carbocycles. The van der Waals surface area contributed by atoms with E-state index in [-0.39, 0.29) is 29.7 Å². The van der Waals surface area contributed by atoms with Crippen LogP contribution in [-0.2, 0) is 316 Å². The predicted molar refractivity (Wildman–Crippen MR) is 366 cm³/mol. The van der Waals surface area contributed by atoms with Crippen LogP contribution >= 0.6 is 0 Å². The van der Waals surface area contributed by atoms with Crippen molar-refractivity contribution < 1.29 is 16.2 Å². The summed E-state index contributed by atoms with van der Waals surface area (Å²) in [7, 11) is 56.0. The van der Waals surface area contributed by atoms with Crippen LogP contribution in [0.1, 0.15) is 40.1 Å². The maximum Gasteiger partial charge on any atom is 0.494 e. The summed E-state index contributed by atoms with van der Waals surface area (Å²) in [6.45, 7) is 9.92. The van der Waals surface area contributed by atoms with E-state index in [0.717, 1.165) is 22.3 Å². The third kappa shape index (κ3) is 27.8. The van der Waals surface area contributed by atoms with E-state index in [4.69, 9.17) is 38.5 Å². The molecule has 0 aliphatic carbocycles. The molecule has 346 valence electrons. The number of aromatic nitrogens is 1. The van der Waals surface area contributed by atoms with Gasteiger partial charge in [0.15, 0.2) is 0 Å². The van der Waals surface area contributed by atoms with Crippen LogP contribution in [0.5, 0.6) is 0 Å². The molecule has 4 rings (SSSR count). The van der Waals surface area contributed by atoms with E-state index in [1.807, 2.05) is 225 Å². The Morgan fingerprint density at radius 1 is 0.484 bits per heavy atom. The second kappa shape index (κ2) is 39.6. The highest BCUT2D eigenvalue weighted by atomic mass is 33.5. The highest BCUT2D eigenvalue weighted by Gasteiger charge is 2.51. The first kappa shape index (κ1) is 53.3. The molecular weight excluding hydrogens is 1440 g/mol. The van der Waals surface area contributed by atoms with Crippen LogP contribution in [0, 0.1) is 6.92 Å². The number of benzene rings is 2. The molecule has 38 heteroatoms. The molecule has 0 N–H and O–H groups in total. The molecule has 0 saturated carbocycles. The van der Waals surface area contributed by atoms with E-state index >= 15 is 0 Å². The molecule has 2 heterocycles. The average Bonchev–Trinajstić information content (AvgIpc) is 3.54. The van der Waals surface area contributed by atoms with Crippen molar-refractivity contribution in [2.24, 2.45) is 0 Å². The Labute approximate surface area is 471 Å². The van der Waals surface area contributed by atoms with E-state index in [0.29, 0.717) is 5.56 Å². The maximum absolute atomic E-state index is 8.22. The molecule has 1 aliphatic heterocycles. The SMILES string of the molecule is S=S=S=S=S=S=S=S=S=S=S=S=S=S=S=S=S=S=S=S=S=S=S=S=S=S=S=S=S=S=S=S=S=S.[2H]c1c([2H])c([2H])c(-c2cnc(-c3ccc(B4OC(C)(C)C(C)(C)O4)cc3)cc2C)c([2H])c1[2H]. The molecule has 1 saturated heterocycles. The average molecular weight is 1470 g/mol. The van der Waals surface area contributed by atoms with Crippen LogP contribution in [0.25, 0.3) is 22.4 Å². The molecule has 3 nitrogen and oxygen atoms in total. The van der Waals surface area contributed by atoms with Crippen LogP contribution in [-0.4, -0.2) is 23.3 Å². The zero-order valence-corrected chi connectivity index (χ0v) is 58.4. The molecule has 62 heavy (non-hydrogen) atoms. The van der Waals surface area contributed by atoms with Crippen LogP contribution in [0.2, 0.25) is 0 Å². The van der Waals surface area contributed by atoms with E-state index in [2.05, 4.69) is 4.98 Å². The number of hydrogen-bond acceptors (Lipinski definition) is 5. The Morgan fingerprint density at radius 3 is 1.11 bits per heavy atom. The number of pyridine rings is 1. The number of aryl methyl sites for hydroxylation is 1. The van der Waals surface area contributed by atoms with Crippen molar-refractivity contribution in [3.63, 3.8) is 0 Å². The van der Waals surface area contributed by atoms with Gasteiger partial charge in [0, 0.05) is 324 Å². The topological polar surface area (TPSA) is 31.4 Å². The summed E-state index contributed by atoms with van der Waals surface area (Å²) in [4.78, 5) is 4.53. The lowest BCUT2D eigenvalue weighted by Gasteiger charge is -2.32. The quantitative estimate of drug-likeness (QED) is 0.348. The maximum atomic E-state index is 8.22. The normalized spacial score (nSPS) is 13.3. The highest BCUT2D eigenvalue weighted by molar-refractivity contribution is 8.80. The van der Waals surface area contributed by atoms with E-state index < -0.39 is 24.4 Å². The van der Waals surface area contributed by atoms with Crippen molar-refractivity contribution in [1.82, 2.24) is 4.98 Å². The lowest BCUT2D eigenvalue weighted by molar-refractivity contribution is 0.00578. The van der Waals surface area contributed by atoms with Crippen molar-refractivity contribution in [2.45, 2.75) is 45.8 Å². The van der Waals surface area contributed by atoms with Crippen molar-refractivity contribution in [2.75, 3.05) is 0 Å². The van der Waals surface area contributed by atoms with Gasteiger partial charge >= 0.3 is 7.12 Å². The van der Waals surface area contributed by atoms with E-state index in [9.17, 15) is 0 Å².